The molecule has 0 saturated heterocycles. The van der Waals surface area contributed by atoms with Gasteiger partial charge in [0.05, 0.1) is 24.6 Å². The zero-order valence-electron chi connectivity index (χ0n) is 13.0. The molecule has 2 aromatic rings. The van der Waals surface area contributed by atoms with E-state index in [0.29, 0.717) is 17.6 Å². The molecule has 25 heavy (non-hydrogen) atoms. The van der Waals surface area contributed by atoms with Crippen LogP contribution in [0, 0.1) is 0 Å². The van der Waals surface area contributed by atoms with E-state index < -0.39 is 12.6 Å². The van der Waals surface area contributed by atoms with Crippen molar-refractivity contribution in [1.82, 2.24) is 14.7 Å². The van der Waals surface area contributed by atoms with Gasteiger partial charge in [0.25, 0.3) is 0 Å². The van der Waals surface area contributed by atoms with Gasteiger partial charge in [0.15, 0.2) is 6.29 Å². The predicted molar refractivity (Wildman–Crippen MR) is 84.2 cm³/mol. The van der Waals surface area contributed by atoms with Crippen LogP contribution in [0.25, 0.3) is 11.3 Å². The van der Waals surface area contributed by atoms with Gasteiger partial charge in [-0.2, -0.15) is 5.10 Å². The smallest absolute Gasteiger partial charge is 0.487 e. The molecular formula is C16H13F3N4O2. The zero-order chi connectivity index (χ0) is 18.0. The van der Waals surface area contributed by atoms with E-state index in [4.69, 9.17) is 4.74 Å². The van der Waals surface area contributed by atoms with Crippen LogP contribution in [0.5, 0.6) is 5.75 Å². The van der Waals surface area contributed by atoms with Gasteiger partial charge in [0.1, 0.15) is 5.75 Å². The maximum Gasteiger partial charge on any atom is 0.487 e. The van der Waals surface area contributed by atoms with E-state index in [1.807, 2.05) is 0 Å². The Morgan fingerprint density at radius 1 is 1.24 bits per heavy atom. The van der Waals surface area contributed by atoms with Crippen molar-refractivity contribution in [2.45, 2.75) is 12.6 Å². The fourth-order valence-corrected chi connectivity index (χ4v) is 2.49. The summed E-state index contributed by atoms with van der Waals surface area (Å²) in [6.07, 6.45) is -1.05. The molecule has 1 aromatic heterocycles. The Labute approximate surface area is 140 Å². The van der Waals surface area contributed by atoms with Crippen molar-refractivity contribution in [2.24, 2.45) is 4.99 Å². The summed E-state index contributed by atoms with van der Waals surface area (Å²) in [5.74, 6) is 0.581. The summed E-state index contributed by atoms with van der Waals surface area (Å²) in [5.41, 5.74) is 0.925. The van der Waals surface area contributed by atoms with Crippen LogP contribution in [0.1, 0.15) is 16.6 Å². The van der Waals surface area contributed by atoms with Crippen LogP contribution in [-0.4, -0.2) is 40.6 Å². The molecule has 1 aliphatic rings. The van der Waals surface area contributed by atoms with Crippen molar-refractivity contribution in [3.05, 3.63) is 48.3 Å². The first-order valence-corrected chi connectivity index (χ1v) is 7.18. The first kappa shape index (κ1) is 16.7. The molecule has 0 saturated carbocycles. The third-order valence-electron chi connectivity index (χ3n) is 3.63. The Bertz CT molecular complexity index is 825. The van der Waals surface area contributed by atoms with Crippen LogP contribution in [0.2, 0.25) is 0 Å². The number of halogens is 3. The topological polar surface area (TPSA) is 59.7 Å². The molecule has 0 fully saturated rings. The lowest BCUT2D eigenvalue weighted by molar-refractivity contribution is -0.248. The molecule has 0 spiro atoms. The Morgan fingerprint density at radius 2 is 1.96 bits per heavy atom. The molecule has 3 rings (SSSR count). The lowest BCUT2D eigenvalue weighted by Gasteiger charge is -2.31. The number of methoxy groups -OCH3 is 1. The van der Waals surface area contributed by atoms with E-state index in [2.05, 4.69) is 10.1 Å². The van der Waals surface area contributed by atoms with Gasteiger partial charge < -0.3 is 4.74 Å². The molecule has 1 unspecified atom stereocenters. The maximum absolute atomic E-state index is 13.3. The van der Waals surface area contributed by atoms with Crippen LogP contribution >= 0.6 is 0 Å². The number of carbonyl (C=O) groups is 1. The Morgan fingerprint density at radius 3 is 2.56 bits per heavy atom. The molecule has 0 amide bonds. The molecule has 0 aliphatic carbocycles. The number of aldehydes is 1. The summed E-state index contributed by atoms with van der Waals surface area (Å²) >= 11 is 0. The summed E-state index contributed by atoms with van der Waals surface area (Å²) in [6.45, 7) is 0. The van der Waals surface area contributed by atoms with Gasteiger partial charge in [-0.05, 0) is 30.3 Å². The van der Waals surface area contributed by atoms with Crippen LogP contribution in [0.4, 0.5) is 13.2 Å². The normalized spacial score (nSPS) is 17.0. The minimum Gasteiger partial charge on any atom is -0.497 e. The summed E-state index contributed by atoms with van der Waals surface area (Å²) in [4.78, 5) is 15.3. The van der Waals surface area contributed by atoms with Gasteiger partial charge in [-0.15, -0.1) is 13.2 Å². The van der Waals surface area contributed by atoms with Crippen molar-refractivity contribution in [3.8, 4) is 17.0 Å². The van der Waals surface area contributed by atoms with Crippen LogP contribution < -0.4 is 4.74 Å². The molecule has 130 valence electrons. The number of benzene rings is 1. The summed E-state index contributed by atoms with van der Waals surface area (Å²) in [6, 6.07) is 6.57. The van der Waals surface area contributed by atoms with E-state index in [-0.39, 0.29) is 16.2 Å². The quantitative estimate of drug-likeness (QED) is 0.627. The first-order valence-electron chi connectivity index (χ1n) is 7.18. The van der Waals surface area contributed by atoms with Gasteiger partial charge in [0, 0.05) is 18.0 Å². The Balaban J connectivity index is 2.11. The highest BCUT2D eigenvalue weighted by Crippen LogP contribution is 2.35. The summed E-state index contributed by atoms with van der Waals surface area (Å²) in [5, 5.41) is 3.96. The van der Waals surface area contributed by atoms with E-state index in [0.717, 1.165) is 10.9 Å². The number of ether oxygens (including phenoxy) is 1. The SMILES string of the molecule is COc1ccc(-c2c(C=O)cnn2C2N=CC=CN2C(F)(F)F)cc1. The minimum atomic E-state index is -4.65. The molecule has 6 nitrogen and oxygen atoms in total. The second kappa shape index (κ2) is 6.42. The maximum atomic E-state index is 13.3. The highest BCUT2D eigenvalue weighted by Gasteiger charge is 2.42. The second-order valence-corrected chi connectivity index (χ2v) is 5.10. The zero-order valence-corrected chi connectivity index (χ0v) is 13.0. The molecular weight excluding hydrogens is 337 g/mol. The van der Waals surface area contributed by atoms with Crippen LogP contribution in [-0.2, 0) is 0 Å². The van der Waals surface area contributed by atoms with Gasteiger partial charge in [0.2, 0.25) is 6.29 Å². The van der Waals surface area contributed by atoms with Crippen molar-refractivity contribution < 1.29 is 22.7 Å². The molecule has 1 aromatic carbocycles. The molecule has 9 heteroatoms. The number of nitrogens with zero attached hydrogens (tertiary/aromatic N) is 4. The number of aliphatic imine (C=N–C) groups is 1. The number of allylic oxidation sites excluding steroid dienone is 1. The lowest BCUT2D eigenvalue weighted by Crippen LogP contribution is -2.40. The molecule has 1 atom stereocenters. The number of alkyl halides is 3. The Hall–Kier alpha value is -3.10. The predicted octanol–water partition coefficient (Wildman–Crippen LogP) is 3.25. The molecule has 1 aliphatic heterocycles. The fourth-order valence-electron chi connectivity index (χ4n) is 2.49. The van der Waals surface area contributed by atoms with Crippen molar-refractivity contribution >= 4 is 12.5 Å². The summed E-state index contributed by atoms with van der Waals surface area (Å²) in [7, 11) is 1.50. The van der Waals surface area contributed by atoms with Gasteiger partial charge in [-0.25, -0.2) is 14.6 Å². The van der Waals surface area contributed by atoms with Crippen LogP contribution in [0.15, 0.2) is 47.7 Å². The van der Waals surface area contributed by atoms with Crippen molar-refractivity contribution in [1.29, 1.82) is 0 Å². The fraction of sp³-hybridized carbons (Fsp3) is 0.188. The van der Waals surface area contributed by atoms with Gasteiger partial charge >= 0.3 is 6.30 Å². The molecule has 0 bridgehead atoms. The number of carbonyl (C=O) groups excluding carboxylic acids is 1. The highest BCUT2D eigenvalue weighted by atomic mass is 19.4. The number of aromatic nitrogens is 2. The van der Waals surface area contributed by atoms with Crippen LogP contribution in [0.3, 0.4) is 0 Å². The molecule has 0 radical (unpaired) electrons. The number of hydrogen-bond donors (Lipinski definition) is 0. The molecule has 0 N–H and O–H groups in total. The average molecular weight is 350 g/mol. The second-order valence-electron chi connectivity index (χ2n) is 5.10. The molecule has 2 heterocycles. The Kier molecular flexibility index (Phi) is 4.30. The van der Waals surface area contributed by atoms with Gasteiger partial charge in [-0.3, -0.25) is 4.79 Å². The van der Waals surface area contributed by atoms with Crippen molar-refractivity contribution in [3.63, 3.8) is 0 Å². The monoisotopic (exact) mass is 350 g/mol. The van der Waals surface area contributed by atoms with E-state index in [1.165, 1.54) is 25.6 Å². The largest absolute Gasteiger partial charge is 0.497 e. The van der Waals surface area contributed by atoms with E-state index in [1.54, 1.807) is 24.3 Å². The number of rotatable bonds is 4. The standard InChI is InChI=1S/C16H13F3N4O2/c1-25-13-5-3-11(4-6-13)14-12(10-24)9-21-23(14)15-20-7-2-8-22(15)16(17,18)19/h2-10,15H,1H3. The third-order valence-corrected chi connectivity index (χ3v) is 3.63. The number of hydrogen-bond acceptors (Lipinski definition) is 5. The van der Waals surface area contributed by atoms with Crippen molar-refractivity contribution in [2.75, 3.05) is 7.11 Å². The van der Waals surface area contributed by atoms with Gasteiger partial charge in [-0.1, -0.05) is 0 Å². The summed E-state index contributed by atoms with van der Waals surface area (Å²) < 4.78 is 46.0. The first-order chi connectivity index (χ1) is 12.0. The van der Waals surface area contributed by atoms with E-state index >= 15 is 0 Å². The van der Waals surface area contributed by atoms with E-state index in [9.17, 15) is 18.0 Å². The third kappa shape index (κ3) is 3.12. The highest BCUT2D eigenvalue weighted by molar-refractivity contribution is 5.85. The minimum absolute atomic E-state index is 0.113. The average Bonchev–Trinajstić information content (AvgIpc) is 3.05. The lowest BCUT2D eigenvalue weighted by atomic mass is 10.1.